The summed E-state index contributed by atoms with van der Waals surface area (Å²) < 4.78 is 22.0. The highest BCUT2D eigenvalue weighted by atomic mass is 32.2. The molecule has 0 bridgehead atoms. The van der Waals surface area contributed by atoms with E-state index in [-0.39, 0.29) is 0 Å². The largest absolute Gasteiger partial charge is 0.480 e. The Morgan fingerprint density at radius 1 is 1.70 bits per heavy atom. The van der Waals surface area contributed by atoms with Crippen molar-refractivity contribution >= 4 is 16.0 Å². The predicted molar refractivity (Wildman–Crippen MR) is 30.2 cm³/mol. The zero-order valence-corrected chi connectivity index (χ0v) is 5.55. The minimum Gasteiger partial charge on any atom is -0.480 e. The zero-order valence-electron chi connectivity index (χ0n) is 4.73. The minimum absolute atomic E-state index is 1.08. The number of carboxylic acids is 1. The van der Waals surface area contributed by atoms with Crippen LogP contribution in [0.4, 0.5) is 0 Å². The predicted octanol–water partition coefficient (Wildman–Crippen LogP) is -1.53. The Balaban J connectivity index is 4.19. The van der Waals surface area contributed by atoms with Crippen LogP contribution in [0.15, 0.2) is 0 Å². The molecule has 0 aliphatic rings. The Morgan fingerprint density at radius 2 is 2.20 bits per heavy atom. The summed E-state index contributed by atoms with van der Waals surface area (Å²) in [6.45, 7) is 0. The molecule has 10 heavy (non-hydrogen) atoms. The molecule has 56 valence electrons. The summed E-state index contributed by atoms with van der Waals surface area (Å²) in [7, 11) is -3.94. The van der Waals surface area contributed by atoms with Crippen LogP contribution < -0.4 is 4.72 Å². The van der Waals surface area contributed by atoms with E-state index in [1.54, 1.807) is 0 Å². The molecule has 0 rings (SSSR count). The number of aliphatic carboxylic acids is 1. The molecule has 6 nitrogen and oxygen atoms in total. The van der Waals surface area contributed by atoms with Gasteiger partial charge in [0.2, 0.25) is 0 Å². The molecule has 0 aromatic heterocycles. The van der Waals surface area contributed by atoms with Crippen LogP contribution in [0.5, 0.6) is 0 Å². The molecule has 0 aliphatic heterocycles. The first kappa shape index (κ1) is 8.71. The Hall–Kier alpha value is -1.29. The standard InChI is InChI=1S/C3H4N2O4S/c4-2-5-10(8,9)1-3(6)7/h5H,1H2,(H,6,7). The summed E-state index contributed by atoms with van der Waals surface area (Å²) in [6, 6.07) is 0. The van der Waals surface area contributed by atoms with Crippen LogP contribution in [-0.4, -0.2) is 25.2 Å². The lowest BCUT2D eigenvalue weighted by Gasteiger charge is -1.93. The lowest BCUT2D eigenvalue weighted by Crippen LogP contribution is -2.26. The second kappa shape index (κ2) is 3.03. The number of nitrogens with zero attached hydrogens (tertiary/aromatic N) is 1. The number of carboxylic acid groups (broad SMARTS) is 1. The number of rotatable bonds is 3. The number of sulfonamides is 1. The maximum Gasteiger partial charge on any atom is 0.320 e. The SMILES string of the molecule is N#CNS(=O)(=O)CC(=O)O. The van der Waals surface area contributed by atoms with Crippen LogP contribution in [-0.2, 0) is 14.8 Å². The average Bonchev–Trinajstić information content (AvgIpc) is 1.59. The van der Waals surface area contributed by atoms with Crippen molar-refractivity contribution in [2.24, 2.45) is 0 Å². The van der Waals surface area contributed by atoms with Gasteiger partial charge >= 0.3 is 5.97 Å². The fourth-order valence-electron chi connectivity index (χ4n) is 0.268. The summed E-state index contributed by atoms with van der Waals surface area (Å²) in [4.78, 5) is 9.76. The maximum absolute atomic E-state index is 10.3. The van der Waals surface area contributed by atoms with E-state index in [0.717, 1.165) is 6.19 Å². The van der Waals surface area contributed by atoms with Crippen LogP contribution in [0.25, 0.3) is 0 Å². The zero-order chi connectivity index (χ0) is 8.20. The topological polar surface area (TPSA) is 107 Å². The number of nitriles is 1. The first-order valence-corrected chi connectivity index (χ1v) is 3.73. The third kappa shape index (κ3) is 3.68. The van der Waals surface area contributed by atoms with Crippen molar-refractivity contribution in [1.29, 1.82) is 5.26 Å². The molecule has 0 saturated heterocycles. The molecule has 0 saturated carbocycles. The normalized spacial score (nSPS) is 9.90. The molecule has 0 aliphatic carbocycles. The van der Waals surface area contributed by atoms with Crippen LogP contribution in [0.3, 0.4) is 0 Å². The van der Waals surface area contributed by atoms with Crippen molar-refractivity contribution in [3.63, 3.8) is 0 Å². The van der Waals surface area contributed by atoms with Gasteiger partial charge < -0.3 is 5.11 Å². The molecule has 0 heterocycles. The molecule has 0 aromatic carbocycles. The van der Waals surface area contributed by atoms with E-state index in [4.69, 9.17) is 10.4 Å². The third-order valence-corrected chi connectivity index (χ3v) is 1.54. The summed E-state index contributed by atoms with van der Waals surface area (Å²) in [5.41, 5.74) is 0. The highest BCUT2D eigenvalue weighted by Crippen LogP contribution is 1.80. The molecule has 0 aromatic rings. The van der Waals surface area contributed by atoms with Crippen molar-refractivity contribution in [2.75, 3.05) is 5.75 Å². The second-order valence-electron chi connectivity index (χ2n) is 1.37. The smallest absolute Gasteiger partial charge is 0.320 e. The van der Waals surface area contributed by atoms with Gasteiger partial charge in [0.15, 0.2) is 11.9 Å². The van der Waals surface area contributed by atoms with Gasteiger partial charge in [0.05, 0.1) is 0 Å². The Bertz CT molecular complexity index is 261. The summed E-state index contributed by atoms with van der Waals surface area (Å²) in [5, 5.41) is 15.7. The molecule has 0 fully saturated rings. The van der Waals surface area contributed by atoms with Crippen molar-refractivity contribution in [2.45, 2.75) is 0 Å². The number of hydrogen-bond acceptors (Lipinski definition) is 4. The van der Waals surface area contributed by atoms with Crippen LogP contribution in [0.1, 0.15) is 0 Å². The Kier molecular flexibility index (Phi) is 2.64. The van der Waals surface area contributed by atoms with E-state index in [1.807, 2.05) is 0 Å². The van der Waals surface area contributed by atoms with Gasteiger partial charge in [-0.05, 0) is 0 Å². The lowest BCUT2D eigenvalue weighted by molar-refractivity contribution is -0.134. The van der Waals surface area contributed by atoms with Gasteiger partial charge in [-0.3, -0.25) is 4.79 Å². The van der Waals surface area contributed by atoms with E-state index in [9.17, 15) is 13.2 Å². The molecule has 7 heteroatoms. The van der Waals surface area contributed by atoms with Gasteiger partial charge in [0.25, 0.3) is 10.0 Å². The second-order valence-corrected chi connectivity index (χ2v) is 3.09. The number of hydrogen-bond donors (Lipinski definition) is 2. The van der Waals surface area contributed by atoms with Gasteiger partial charge in [-0.15, -0.1) is 0 Å². The van der Waals surface area contributed by atoms with E-state index in [1.165, 1.54) is 4.72 Å². The molecule has 0 amide bonds. The van der Waals surface area contributed by atoms with E-state index in [0.29, 0.717) is 0 Å². The van der Waals surface area contributed by atoms with Gasteiger partial charge in [-0.25, -0.2) is 13.1 Å². The molecular weight excluding hydrogens is 160 g/mol. The highest BCUT2D eigenvalue weighted by molar-refractivity contribution is 7.90. The quantitative estimate of drug-likeness (QED) is 0.388. The fourth-order valence-corrected chi connectivity index (χ4v) is 0.805. The molecule has 0 atom stereocenters. The first-order valence-electron chi connectivity index (χ1n) is 2.08. The molecule has 0 radical (unpaired) electrons. The van der Waals surface area contributed by atoms with Gasteiger partial charge in [-0.2, -0.15) is 5.26 Å². The fraction of sp³-hybridized carbons (Fsp3) is 0.333. The van der Waals surface area contributed by atoms with Crippen molar-refractivity contribution < 1.29 is 18.3 Å². The van der Waals surface area contributed by atoms with Gasteiger partial charge in [0.1, 0.15) is 0 Å². The average molecular weight is 164 g/mol. The first-order chi connectivity index (χ1) is 4.48. The molecule has 0 unspecified atom stereocenters. The third-order valence-electron chi connectivity index (χ3n) is 0.515. The van der Waals surface area contributed by atoms with E-state index in [2.05, 4.69) is 0 Å². The van der Waals surface area contributed by atoms with Crippen LogP contribution >= 0.6 is 0 Å². The summed E-state index contributed by atoms with van der Waals surface area (Å²) >= 11 is 0. The minimum atomic E-state index is -3.94. The van der Waals surface area contributed by atoms with Crippen molar-refractivity contribution in [3.8, 4) is 6.19 Å². The van der Waals surface area contributed by atoms with Gasteiger partial charge in [0, 0.05) is 0 Å². The van der Waals surface area contributed by atoms with Crippen LogP contribution in [0, 0.1) is 11.5 Å². The van der Waals surface area contributed by atoms with E-state index < -0.39 is 21.7 Å². The van der Waals surface area contributed by atoms with E-state index >= 15 is 0 Å². The monoisotopic (exact) mass is 164 g/mol. The summed E-state index contributed by atoms with van der Waals surface area (Å²) in [6.07, 6.45) is 1.11. The van der Waals surface area contributed by atoms with Crippen molar-refractivity contribution in [3.05, 3.63) is 0 Å². The lowest BCUT2D eigenvalue weighted by atomic mass is 10.8. The van der Waals surface area contributed by atoms with Crippen LogP contribution in [0.2, 0.25) is 0 Å². The Morgan fingerprint density at radius 3 is 2.50 bits per heavy atom. The number of nitrogens with one attached hydrogen (secondary N) is 1. The maximum atomic E-state index is 10.3. The number of carbonyl (C=O) groups is 1. The van der Waals surface area contributed by atoms with Gasteiger partial charge in [-0.1, -0.05) is 0 Å². The summed E-state index contributed by atoms with van der Waals surface area (Å²) in [5.74, 6) is -2.58. The van der Waals surface area contributed by atoms with Crippen molar-refractivity contribution in [1.82, 2.24) is 4.72 Å². The molecule has 2 N–H and O–H groups in total. The Labute approximate surface area is 57.1 Å². The highest BCUT2D eigenvalue weighted by Gasteiger charge is 2.13. The molecular formula is C3H4N2O4S. The molecule has 0 spiro atoms.